The van der Waals surface area contributed by atoms with Crippen LogP contribution in [0.3, 0.4) is 0 Å². The number of carbonyl (C=O) groups is 2. The smallest absolute Gasteiger partial charge is 0.326 e. The molecule has 0 saturated carbocycles. The number of carbonyl (C=O) groups excluding carboxylic acids is 2. The maximum atomic E-state index is 14.0. The van der Waals surface area contributed by atoms with Gasteiger partial charge in [-0.25, -0.2) is 4.79 Å². The van der Waals surface area contributed by atoms with Gasteiger partial charge in [-0.05, 0) is 49.9 Å². The van der Waals surface area contributed by atoms with E-state index in [4.69, 9.17) is 0 Å². The van der Waals surface area contributed by atoms with Crippen molar-refractivity contribution in [2.45, 2.75) is 63.1 Å². The molecular weight excluding hydrogens is 572 g/mol. The highest BCUT2D eigenvalue weighted by molar-refractivity contribution is 8.01. The number of imidazole rings is 1. The Morgan fingerprint density at radius 3 is 2.34 bits per heavy atom. The Balaban J connectivity index is 1.16. The summed E-state index contributed by atoms with van der Waals surface area (Å²) in [6.07, 6.45) is 2.55. The molecule has 10 heteroatoms. The fourth-order valence-electron chi connectivity index (χ4n) is 6.78. The van der Waals surface area contributed by atoms with Crippen LogP contribution in [0, 0.1) is 5.41 Å². The van der Waals surface area contributed by atoms with E-state index < -0.39 is 5.25 Å². The number of hydrogen-bond donors (Lipinski definition) is 1. The standard InChI is InChI=1S/C34H46N6O3S/c1-34(2,3)15-18-39-31(42)29(44-32(39)25-9-5-7-11-27(25)37-21-19-36(4)20-22-37)23-30(41)38-16-13-24(14-17-38)40-28-12-8-6-10-26(28)35-33(40)43/h5-12,24,29,32H,13-23H2,1-4H3,(H,35,43)/t29?,32-/m0/s1. The predicted octanol–water partition coefficient (Wildman–Crippen LogP) is 4.71. The van der Waals surface area contributed by atoms with Crippen LogP contribution in [0.25, 0.3) is 11.0 Å². The first-order valence-corrected chi connectivity index (χ1v) is 17.0. The lowest BCUT2D eigenvalue weighted by Gasteiger charge is -2.37. The van der Waals surface area contributed by atoms with Crippen molar-refractivity contribution < 1.29 is 9.59 Å². The normalized spacial score (nSPS) is 22.4. The topological polar surface area (TPSA) is 84.9 Å². The fraction of sp³-hybridized carbons (Fsp3) is 0.559. The van der Waals surface area contributed by atoms with Crippen LogP contribution in [-0.4, -0.2) is 94.2 Å². The van der Waals surface area contributed by atoms with Crippen molar-refractivity contribution in [1.29, 1.82) is 0 Å². The summed E-state index contributed by atoms with van der Waals surface area (Å²) < 4.78 is 1.85. The van der Waals surface area contributed by atoms with Gasteiger partial charge >= 0.3 is 5.69 Å². The molecule has 2 amide bonds. The molecule has 236 valence electrons. The van der Waals surface area contributed by atoms with Gasteiger partial charge in [0.1, 0.15) is 5.37 Å². The van der Waals surface area contributed by atoms with E-state index in [2.05, 4.69) is 66.9 Å². The minimum absolute atomic E-state index is 0.0318. The number of fused-ring (bicyclic) bond motifs is 1. The van der Waals surface area contributed by atoms with Gasteiger partial charge < -0.3 is 24.6 Å². The number of hydrogen-bond acceptors (Lipinski definition) is 6. The molecule has 3 aliphatic heterocycles. The summed E-state index contributed by atoms with van der Waals surface area (Å²) in [5.41, 5.74) is 4.12. The average molecular weight is 619 g/mol. The van der Waals surface area contributed by atoms with Crippen molar-refractivity contribution >= 4 is 40.3 Å². The maximum absolute atomic E-state index is 14.0. The van der Waals surface area contributed by atoms with Gasteiger partial charge in [0.05, 0.1) is 16.3 Å². The van der Waals surface area contributed by atoms with Crippen LogP contribution in [0.15, 0.2) is 53.3 Å². The van der Waals surface area contributed by atoms with Crippen LogP contribution >= 0.6 is 11.8 Å². The van der Waals surface area contributed by atoms with Gasteiger partial charge in [-0.3, -0.25) is 14.2 Å². The Hall–Kier alpha value is -3.24. The van der Waals surface area contributed by atoms with Crippen molar-refractivity contribution in [3.05, 3.63) is 64.6 Å². The minimum Gasteiger partial charge on any atom is -0.369 e. The van der Waals surface area contributed by atoms with E-state index in [0.717, 1.165) is 56.5 Å². The van der Waals surface area contributed by atoms with Crippen molar-refractivity contribution in [1.82, 2.24) is 24.3 Å². The van der Waals surface area contributed by atoms with Gasteiger partial charge in [0, 0.05) is 69.5 Å². The summed E-state index contributed by atoms with van der Waals surface area (Å²) in [7, 11) is 2.16. The maximum Gasteiger partial charge on any atom is 0.326 e. The van der Waals surface area contributed by atoms with Crippen molar-refractivity contribution in [3.8, 4) is 0 Å². The van der Waals surface area contributed by atoms with Crippen LogP contribution in [0.4, 0.5) is 5.69 Å². The Kier molecular flexibility index (Phi) is 8.84. The molecule has 0 bridgehead atoms. The van der Waals surface area contributed by atoms with E-state index in [1.165, 1.54) is 11.3 Å². The quantitative estimate of drug-likeness (QED) is 0.413. The summed E-state index contributed by atoms with van der Waals surface area (Å²) in [6.45, 7) is 12.4. The number of para-hydroxylation sites is 3. The van der Waals surface area contributed by atoms with Crippen LogP contribution < -0.4 is 10.6 Å². The number of aromatic amines is 1. The summed E-state index contributed by atoms with van der Waals surface area (Å²) in [4.78, 5) is 52.1. The highest BCUT2D eigenvalue weighted by atomic mass is 32.2. The number of amides is 2. The molecule has 1 N–H and O–H groups in total. The van der Waals surface area contributed by atoms with E-state index in [0.29, 0.717) is 19.6 Å². The number of piperidine rings is 1. The summed E-state index contributed by atoms with van der Waals surface area (Å²) in [6, 6.07) is 16.3. The number of piperazine rings is 1. The number of anilines is 1. The molecule has 9 nitrogen and oxygen atoms in total. The molecule has 4 heterocycles. The molecule has 2 aromatic carbocycles. The van der Waals surface area contributed by atoms with Gasteiger partial charge in [-0.1, -0.05) is 51.1 Å². The van der Waals surface area contributed by atoms with Crippen LogP contribution in [0.5, 0.6) is 0 Å². The molecule has 3 aromatic rings. The van der Waals surface area contributed by atoms with Gasteiger partial charge in [0.2, 0.25) is 11.8 Å². The Labute approximate surface area is 264 Å². The van der Waals surface area contributed by atoms with Crippen molar-refractivity contribution in [3.63, 3.8) is 0 Å². The SMILES string of the molecule is CN1CCN(c2ccccc2[C@@H]2SC(CC(=O)N3CCC(n4c(=O)[nH]c5ccccc54)CC3)C(=O)N2CCC(C)(C)C)CC1. The third-order valence-corrected chi connectivity index (χ3v) is 10.9. The van der Waals surface area contributed by atoms with E-state index in [1.54, 1.807) is 11.8 Å². The number of benzene rings is 2. The van der Waals surface area contributed by atoms with E-state index in [-0.39, 0.29) is 40.8 Å². The highest BCUT2D eigenvalue weighted by Crippen LogP contribution is 2.48. The Bertz CT molecular complexity index is 1540. The highest BCUT2D eigenvalue weighted by Gasteiger charge is 2.44. The van der Waals surface area contributed by atoms with E-state index in [1.807, 2.05) is 38.6 Å². The van der Waals surface area contributed by atoms with Gasteiger partial charge in [0.15, 0.2) is 0 Å². The lowest BCUT2D eigenvalue weighted by Crippen LogP contribution is -2.45. The molecule has 6 rings (SSSR count). The summed E-state index contributed by atoms with van der Waals surface area (Å²) in [5.74, 6) is 0.107. The molecule has 0 spiro atoms. The fourth-order valence-corrected chi connectivity index (χ4v) is 8.28. The largest absolute Gasteiger partial charge is 0.369 e. The summed E-state index contributed by atoms with van der Waals surface area (Å²) >= 11 is 1.65. The number of aromatic nitrogens is 2. The Morgan fingerprint density at radius 2 is 1.61 bits per heavy atom. The zero-order valence-corrected chi connectivity index (χ0v) is 27.3. The zero-order chi connectivity index (χ0) is 31.0. The first kappa shape index (κ1) is 30.8. The number of rotatable bonds is 7. The number of nitrogens with one attached hydrogen (secondary N) is 1. The van der Waals surface area contributed by atoms with Crippen LogP contribution in [0.1, 0.15) is 63.4 Å². The zero-order valence-electron chi connectivity index (χ0n) is 26.5. The minimum atomic E-state index is -0.401. The lowest BCUT2D eigenvalue weighted by atomic mass is 9.92. The molecule has 3 fully saturated rings. The number of nitrogens with zero attached hydrogens (tertiary/aromatic N) is 5. The molecule has 3 saturated heterocycles. The summed E-state index contributed by atoms with van der Waals surface area (Å²) in [5, 5.41) is -0.514. The first-order valence-electron chi connectivity index (χ1n) is 16.0. The molecule has 2 atom stereocenters. The third kappa shape index (κ3) is 6.42. The number of thioether (sulfide) groups is 1. The number of H-pyrrole nitrogens is 1. The second-order valence-electron chi connectivity index (χ2n) is 13.8. The molecule has 44 heavy (non-hydrogen) atoms. The molecule has 1 unspecified atom stereocenters. The lowest BCUT2D eigenvalue weighted by molar-refractivity contribution is -0.136. The van der Waals surface area contributed by atoms with Crippen molar-refractivity contribution in [2.75, 3.05) is 57.8 Å². The van der Waals surface area contributed by atoms with E-state index in [9.17, 15) is 14.4 Å². The van der Waals surface area contributed by atoms with Crippen molar-refractivity contribution in [2.24, 2.45) is 5.41 Å². The molecule has 1 aromatic heterocycles. The number of likely N-dealkylation sites (tertiary alicyclic amines) is 1. The molecule has 0 aliphatic carbocycles. The average Bonchev–Trinajstić information content (AvgIpc) is 3.51. The van der Waals surface area contributed by atoms with E-state index >= 15 is 0 Å². The third-order valence-electron chi connectivity index (χ3n) is 9.45. The molecule has 0 radical (unpaired) electrons. The monoisotopic (exact) mass is 618 g/mol. The van der Waals surface area contributed by atoms with Gasteiger partial charge in [-0.15, -0.1) is 11.8 Å². The molecule has 3 aliphatic rings. The van der Waals surface area contributed by atoms with Crippen LogP contribution in [0.2, 0.25) is 0 Å². The van der Waals surface area contributed by atoms with Gasteiger partial charge in [-0.2, -0.15) is 0 Å². The van der Waals surface area contributed by atoms with Gasteiger partial charge in [0.25, 0.3) is 0 Å². The second-order valence-corrected chi connectivity index (χ2v) is 15.1. The second kappa shape index (κ2) is 12.6. The first-order chi connectivity index (χ1) is 21.1. The predicted molar refractivity (Wildman–Crippen MR) is 178 cm³/mol. The molecular formula is C34H46N6O3S. The van der Waals surface area contributed by atoms with Crippen LogP contribution in [-0.2, 0) is 9.59 Å². The Morgan fingerprint density at radius 1 is 0.932 bits per heavy atom. The number of likely N-dealkylation sites (N-methyl/N-ethyl adjacent to an activating group) is 1.